The number of pyridine rings is 1. The molecule has 0 atom stereocenters. The number of nitrogens with zero attached hydrogens (tertiary/aromatic N) is 1. The lowest BCUT2D eigenvalue weighted by Gasteiger charge is -2.15. The van der Waals surface area contributed by atoms with Crippen LogP contribution in [-0.2, 0) is 10.0 Å². The van der Waals surface area contributed by atoms with E-state index < -0.39 is 10.0 Å². The minimum absolute atomic E-state index is 0.0296. The largest absolute Gasteiger partial charge is 0.495 e. The van der Waals surface area contributed by atoms with Gasteiger partial charge in [0, 0.05) is 12.3 Å². The highest BCUT2D eigenvalue weighted by atomic mass is 32.2. The van der Waals surface area contributed by atoms with Gasteiger partial charge in [0.25, 0.3) is 10.0 Å². The summed E-state index contributed by atoms with van der Waals surface area (Å²) in [6, 6.07) is 14.8. The molecule has 1 aromatic heterocycles. The van der Waals surface area contributed by atoms with Gasteiger partial charge in [0.2, 0.25) is 0 Å². The molecule has 156 valence electrons. The molecule has 2 aromatic carbocycles. The maximum Gasteiger partial charge on any atom is 0.262 e. The van der Waals surface area contributed by atoms with Crippen molar-refractivity contribution < 1.29 is 17.9 Å². The summed E-state index contributed by atoms with van der Waals surface area (Å²) >= 11 is 5.30. The predicted molar refractivity (Wildman–Crippen MR) is 121 cm³/mol. The molecule has 0 saturated heterocycles. The fourth-order valence-corrected chi connectivity index (χ4v) is 3.91. The first-order valence-electron chi connectivity index (χ1n) is 8.75. The van der Waals surface area contributed by atoms with Gasteiger partial charge in [0.15, 0.2) is 5.11 Å². The second-order valence-electron chi connectivity index (χ2n) is 5.99. The van der Waals surface area contributed by atoms with Gasteiger partial charge in [-0.2, -0.15) is 0 Å². The van der Waals surface area contributed by atoms with Crippen molar-refractivity contribution >= 4 is 44.4 Å². The lowest BCUT2D eigenvalue weighted by Crippen LogP contribution is -2.20. The number of hydrogen-bond donors (Lipinski definition) is 3. The second kappa shape index (κ2) is 9.42. The third-order valence-corrected chi connectivity index (χ3v) is 5.57. The number of nitrogens with one attached hydrogen (secondary N) is 3. The molecule has 0 spiro atoms. The van der Waals surface area contributed by atoms with E-state index in [0.29, 0.717) is 33.7 Å². The lowest BCUT2D eigenvalue weighted by atomic mass is 10.3. The van der Waals surface area contributed by atoms with Crippen LogP contribution in [0, 0.1) is 0 Å². The molecule has 0 aliphatic rings. The molecule has 0 amide bonds. The molecule has 3 aromatic rings. The van der Waals surface area contributed by atoms with Gasteiger partial charge in [0.05, 0.1) is 42.4 Å². The van der Waals surface area contributed by atoms with Crippen molar-refractivity contribution in [2.75, 3.05) is 29.6 Å². The maximum absolute atomic E-state index is 12.8. The molecule has 0 bridgehead atoms. The SMILES string of the molecule is COc1cc(S(=O)(=O)Nc2ccccc2OC)ccc1NC(=S)Nc1cccnc1. The van der Waals surface area contributed by atoms with Gasteiger partial charge in [-0.25, -0.2) is 8.42 Å². The normalized spacial score (nSPS) is 10.7. The maximum atomic E-state index is 12.8. The summed E-state index contributed by atoms with van der Waals surface area (Å²) in [6.45, 7) is 0. The smallest absolute Gasteiger partial charge is 0.262 e. The molecule has 1 heterocycles. The highest BCUT2D eigenvalue weighted by molar-refractivity contribution is 7.92. The summed E-state index contributed by atoms with van der Waals surface area (Å²) in [4.78, 5) is 4.04. The van der Waals surface area contributed by atoms with E-state index in [1.54, 1.807) is 48.8 Å². The molecule has 0 unspecified atom stereocenters. The van der Waals surface area contributed by atoms with Crippen LogP contribution in [0.4, 0.5) is 17.1 Å². The number of rotatable bonds is 7. The third-order valence-electron chi connectivity index (χ3n) is 4.00. The number of ether oxygens (including phenoxy) is 2. The summed E-state index contributed by atoms with van der Waals surface area (Å²) in [5.74, 6) is 0.728. The predicted octanol–water partition coefficient (Wildman–Crippen LogP) is 3.71. The zero-order valence-electron chi connectivity index (χ0n) is 16.2. The van der Waals surface area contributed by atoms with Gasteiger partial charge >= 0.3 is 0 Å². The Morgan fingerprint density at radius 1 is 0.933 bits per heavy atom. The first kappa shape index (κ1) is 21.3. The highest BCUT2D eigenvalue weighted by Crippen LogP contribution is 2.30. The van der Waals surface area contributed by atoms with E-state index in [-0.39, 0.29) is 4.90 Å². The van der Waals surface area contributed by atoms with Crippen molar-refractivity contribution in [1.82, 2.24) is 4.98 Å². The summed E-state index contributed by atoms with van der Waals surface area (Å²) in [5.41, 5.74) is 1.56. The van der Waals surface area contributed by atoms with Crippen molar-refractivity contribution in [1.29, 1.82) is 0 Å². The molecule has 10 heteroatoms. The first-order valence-corrected chi connectivity index (χ1v) is 10.6. The van der Waals surface area contributed by atoms with Crippen LogP contribution in [0.1, 0.15) is 0 Å². The van der Waals surface area contributed by atoms with Crippen LogP contribution in [0.3, 0.4) is 0 Å². The van der Waals surface area contributed by atoms with Gasteiger partial charge in [0.1, 0.15) is 11.5 Å². The van der Waals surface area contributed by atoms with Gasteiger partial charge in [-0.15, -0.1) is 0 Å². The molecule has 8 nitrogen and oxygen atoms in total. The zero-order valence-corrected chi connectivity index (χ0v) is 17.9. The van der Waals surface area contributed by atoms with Crippen molar-refractivity contribution in [2.45, 2.75) is 4.90 Å². The molecule has 30 heavy (non-hydrogen) atoms. The molecule has 0 aliphatic heterocycles. The van der Waals surface area contributed by atoms with E-state index in [2.05, 4.69) is 20.3 Å². The molecule has 0 saturated carbocycles. The van der Waals surface area contributed by atoms with Crippen molar-refractivity contribution in [2.24, 2.45) is 0 Å². The zero-order chi connectivity index (χ0) is 21.6. The Kier molecular flexibility index (Phi) is 6.70. The topological polar surface area (TPSA) is 102 Å². The fraction of sp³-hybridized carbons (Fsp3) is 0.100. The molecule has 3 rings (SSSR count). The molecule has 0 fully saturated rings. The number of thiocarbonyl (C=S) groups is 1. The van der Waals surface area contributed by atoms with Crippen molar-refractivity contribution in [3.63, 3.8) is 0 Å². The van der Waals surface area contributed by atoms with Crippen LogP contribution in [-0.4, -0.2) is 32.7 Å². The second-order valence-corrected chi connectivity index (χ2v) is 8.08. The number of hydrogen-bond acceptors (Lipinski definition) is 6. The van der Waals surface area contributed by atoms with Crippen LogP contribution >= 0.6 is 12.2 Å². The van der Waals surface area contributed by atoms with Crippen LogP contribution in [0.2, 0.25) is 0 Å². The molecular weight excluding hydrogens is 424 g/mol. The van der Waals surface area contributed by atoms with Crippen LogP contribution in [0.15, 0.2) is 71.9 Å². The Morgan fingerprint density at radius 2 is 1.70 bits per heavy atom. The van der Waals surface area contributed by atoms with E-state index >= 15 is 0 Å². The van der Waals surface area contributed by atoms with Crippen LogP contribution < -0.4 is 24.8 Å². The Balaban J connectivity index is 1.80. The Labute approximate surface area is 180 Å². The molecular formula is C20H20N4O4S2. The summed E-state index contributed by atoms with van der Waals surface area (Å²) < 4.78 is 38.7. The number of para-hydroxylation sites is 2. The standard InChI is InChI=1S/C20H20N4O4S2/c1-27-18-8-4-3-7-17(18)24-30(25,26)15-9-10-16(19(12-15)28-2)23-20(29)22-14-6-5-11-21-13-14/h3-13,24H,1-2H3,(H2,22,23,29). The Morgan fingerprint density at radius 3 is 2.40 bits per heavy atom. The van der Waals surface area contributed by atoms with E-state index in [1.165, 1.54) is 26.4 Å². The first-order chi connectivity index (χ1) is 14.4. The van der Waals surface area contributed by atoms with E-state index in [0.717, 1.165) is 0 Å². The number of benzene rings is 2. The average molecular weight is 445 g/mol. The molecule has 3 N–H and O–H groups in total. The fourth-order valence-electron chi connectivity index (χ4n) is 2.60. The minimum atomic E-state index is -3.87. The van der Waals surface area contributed by atoms with Gasteiger partial charge in [-0.3, -0.25) is 9.71 Å². The van der Waals surface area contributed by atoms with Crippen molar-refractivity contribution in [3.8, 4) is 11.5 Å². The van der Waals surface area contributed by atoms with E-state index in [1.807, 2.05) is 6.07 Å². The summed E-state index contributed by atoms with van der Waals surface area (Å²) in [6.07, 6.45) is 3.29. The summed E-state index contributed by atoms with van der Waals surface area (Å²) in [7, 11) is -0.949. The van der Waals surface area contributed by atoms with Gasteiger partial charge in [-0.1, -0.05) is 12.1 Å². The number of sulfonamides is 1. The molecule has 0 radical (unpaired) electrons. The van der Waals surface area contributed by atoms with Crippen LogP contribution in [0.5, 0.6) is 11.5 Å². The number of aromatic nitrogens is 1. The molecule has 0 aliphatic carbocycles. The Hall–Kier alpha value is -3.37. The van der Waals surface area contributed by atoms with E-state index in [4.69, 9.17) is 21.7 Å². The van der Waals surface area contributed by atoms with Gasteiger partial charge in [-0.05, 0) is 48.6 Å². The lowest BCUT2D eigenvalue weighted by molar-refractivity contribution is 0.415. The Bertz CT molecular complexity index is 1140. The minimum Gasteiger partial charge on any atom is -0.495 e. The highest BCUT2D eigenvalue weighted by Gasteiger charge is 2.19. The van der Waals surface area contributed by atoms with Crippen molar-refractivity contribution in [3.05, 3.63) is 67.0 Å². The number of methoxy groups -OCH3 is 2. The van der Waals surface area contributed by atoms with Crippen LogP contribution in [0.25, 0.3) is 0 Å². The third kappa shape index (κ3) is 5.16. The monoisotopic (exact) mass is 444 g/mol. The van der Waals surface area contributed by atoms with E-state index in [9.17, 15) is 8.42 Å². The summed E-state index contributed by atoms with van der Waals surface area (Å²) in [5, 5.41) is 6.29. The average Bonchev–Trinajstić information content (AvgIpc) is 2.74. The quantitative estimate of drug-likeness (QED) is 0.474. The number of anilines is 3. The van der Waals surface area contributed by atoms with Gasteiger partial charge < -0.3 is 20.1 Å².